The maximum absolute atomic E-state index is 10.8. The van der Waals surface area contributed by atoms with Crippen LogP contribution in [0.2, 0.25) is 0 Å². The molecule has 0 aliphatic carbocycles. The molecule has 1 aromatic heterocycles. The van der Waals surface area contributed by atoms with E-state index in [0.717, 1.165) is 37.2 Å². The standard InChI is InChI=1S/C18H21N3O3/c1-14-12-16(21(22)23)5-6-17(14)20-10-7-15(8-11-20)13-24-18-4-2-3-9-19-18/h2-6,9,12,15H,7-8,10-11,13H2,1H3. The topological polar surface area (TPSA) is 68.5 Å². The van der Waals surface area contributed by atoms with Gasteiger partial charge in [0.15, 0.2) is 0 Å². The largest absolute Gasteiger partial charge is 0.477 e. The second kappa shape index (κ2) is 7.29. The summed E-state index contributed by atoms with van der Waals surface area (Å²) in [6.07, 6.45) is 3.82. The number of aromatic nitrogens is 1. The maximum atomic E-state index is 10.8. The number of nitro benzene ring substituents is 1. The van der Waals surface area contributed by atoms with E-state index in [9.17, 15) is 10.1 Å². The smallest absolute Gasteiger partial charge is 0.269 e. The zero-order chi connectivity index (χ0) is 16.9. The zero-order valence-corrected chi connectivity index (χ0v) is 13.7. The monoisotopic (exact) mass is 327 g/mol. The minimum atomic E-state index is -0.349. The van der Waals surface area contributed by atoms with Crippen LogP contribution >= 0.6 is 0 Å². The first-order valence-electron chi connectivity index (χ1n) is 8.17. The Balaban J connectivity index is 1.54. The van der Waals surface area contributed by atoms with Crippen molar-refractivity contribution in [3.63, 3.8) is 0 Å². The summed E-state index contributed by atoms with van der Waals surface area (Å²) >= 11 is 0. The molecule has 0 radical (unpaired) electrons. The Bertz CT molecular complexity index is 698. The van der Waals surface area contributed by atoms with Crippen molar-refractivity contribution in [1.29, 1.82) is 0 Å². The van der Waals surface area contributed by atoms with Crippen molar-refractivity contribution in [2.24, 2.45) is 5.92 Å². The van der Waals surface area contributed by atoms with Gasteiger partial charge in [-0.25, -0.2) is 4.98 Å². The molecule has 24 heavy (non-hydrogen) atoms. The van der Waals surface area contributed by atoms with Gasteiger partial charge < -0.3 is 9.64 Å². The highest BCUT2D eigenvalue weighted by molar-refractivity contribution is 5.57. The van der Waals surface area contributed by atoms with Gasteiger partial charge in [0.2, 0.25) is 5.88 Å². The van der Waals surface area contributed by atoms with Crippen LogP contribution in [-0.4, -0.2) is 29.6 Å². The first-order chi connectivity index (χ1) is 11.6. The molecule has 0 saturated carbocycles. The molecule has 0 unspecified atom stereocenters. The Labute approximate surface area is 141 Å². The van der Waals surface area contributed by atoms with Gasteiger partial charge >= 0.3 is 0 Å². The number of non-ortho nitro benzene ring substituents is 1. The summed E-state index contributed by atoms with van der Waals surface area (Å²) < 4.78 is 5.75. The zero-order valence-electron chi connectivity index (χ0n) is 13.7. The highest BCUT2D eigenvalue weighted by Crippen LogP contribution is 2.29. The SMILES string of the molecule is Cc1cc([N+](=O)[O-])ccc1N1CCC(COc2ccccn2)CC1. The van der Waals surface area contributed by atoms with E-state index in [-0.39, 0.29) is 10.6 Å². The molecular formula is C18H21N3O3. The molecule has 2 aromatic rings. The van der Waals surface area contributed by atoms with Crippen LogP contribution < -0.4 is 9.64 Å². The lowest BCUT2D eigenvalue weighted by atomic mass is 9.97. The fourth-order valence-corrected chi connectivity index (χ4v) is 3.08. The van der Waals surface area contributed by atoms with Crippen LogP contribution in [0.25, 0.3) is 0 Å². The average molecular weight is 327 g/mol. The van der Waals surface area contributed by atoms with Gasteiger partial charge in [-0.1, -0.05) is 6.07 Å². The van der Waals surface area contributed by atoms with Crippen LogP contribution in [0.5, 0.6) is 5.88 Å². The highest BCUT2D eigenvalue weighted by Gasteiger charge is 2.22. The number of rotatable bonds is 5. The summed E-state index contributed by atoms with van der Waals surface area (Å²) in [7, 11) is 0. The molecule has 1 aromatic carbocycles. The van der Waals surface area contributed by atoms with Gasteiger partial charge in [0.25, 0.3) is 5.69 Å². The Hall–Kier alpha value is -2.63. The molecule has 126 valence electrons. The second-order valence-electron chi connectivity index (χ2n) is 6.14. The van der Waals surface area contributed by atoms with Crippen LogP contribution in [0.3, 0.4) is 0 Å². The summed E-state index contributed by atoms with van der Waals surface area (Å²) in [6, 6.07) is 10.7. The molecule has 6 nitrogen and oxygen atoms in total. The predicted molar refractivity (Wildman–Crippen MR) is 92.5 cm³/mol. The van der Waals surface area contributed by atoms with Crippen molar-refractivity contribution in [2.75, 3.05) is 24.6 Å². The van der Waals surface area contributed by atoms with Crippen molar-refractivity contribution in [2.45, 2.75) is 19.8 Å². The van der Waals surface area contributed by atoms with Crippen molar-refractivity contribution < 1.29 is 9.66 Å². The molecule has 1 aliphatic heterocycles. The molecule has 1 saturated heterocycles. The lowest BCUT2D eigenvalue weighted by molar-refractivity contribution is -0.384. The molecule has 0 bridgehead atoms. The van der Waals surface area contributed by atoms with E-state index in [0.29, 0.717) is 18.4 Å². The van der Waals surface area contributed by atoms with E-state index in [2.05, 4.69) is 9.88 Å². The lowest BCUT2D eigenvalue weighted by Gasteiger charge is -2.34. The molecule has 0 spiro atoms. The number of nitrogens with zero attached hydrogens (tertiary/aromatic N) is 3. The number of aryl methyl sites for hydroxylation is 1. The van der Waals surface area contributed by atoms with Gasteiger partial charge in [-0.15, -0.1) is 0 Å². The third-order valence-electron chi connectivity index (χ3n) is 4.45. The van der Waals surface area contributed by atoms with E-state index < -0.39 is 0 Å². The Kier molecular flexibility index (Phi) is 4.93. The van der Waals surface area contributed by atoms with Gasteiger partial charge in [-0.3, -0.25) is 10.1 Å². The van der Waals surface area contributed by atoms with Gasteiger partial charge in [-0.2, -0.15) is 0 Å². The summed E-state index contributed by atoms with van der Waals surface area (Å²) in [5.41, 5.74) is 2.19. The van der Waals surface area contributed by atoms with Gasteiger partial charge in [0.05, 0.1) is 11.5 Å². The number of pyridine rings is 1. The molecular weight excluding hydrogens is 306 g/mol. The normalized spacial score (nSPS) is 15.3. The Morgan fingerprint density at radius 1 is 1.29 bits per heavy atom. The molecule has 6 heteroatoms. The minimum absolute atomic E-state index is 0.148. The van der Waals surface area contributed by atoms with Crippen LogP contribution in [0.4, 0.5) is 11.4 Å². The molecule has 3 rings (SSSR count). The molecule has 0 amide bonds. The summed E-state index contributed by atoms with van der Waals surface area (Å²) in [5, 5.41) is 10.8. The first kappa shape index (κ1) is 16.2. The first-order valence-corrected chi connectivity index (χ1v) is 8.17. The Morgan fingerprint density at radius 2 is 2.08 bits per heavy atom. The van der Waals surface area contributed by atoms with E-state index >= 15 is 0 Å². The van der Waals surface area contributed by atoms with Crippen molar-refractivity contribution in [3.8, 4) is 5.88 Å². The average Bonchev–Trinajstić information content (AvgIpc) is 2.61. The highest BCUT2D eigenvalue weighted by atomic mass is 16.6. The second-order valence-corrected chi connectivity index (χ2v) is 6.14. The molecule has 0 N–H and O–H groups in total. The number of benzene rings is 1. The van der Waals surface area contributed by atoms with E-state index in [1.807, 2.05) is 31.2 Å². The predicted octanol–water partition coefficient (Wildman–Crippen LogP) is 3.59. The Morgan fingerprint density at radius 3 is 2.71 bits per heavy atom. The maximum Gasteiger partial charge on any atom is 0.269 e. The fraction of sp³-hybridized carbons (Fsp3) is 0.389. The quantitative estimate of drug-likeness (QED) is 0.620. The van der Waals surface area contributed by atoms with Crippen LogP contribution in [0, 0.1) is 23.0 Å². The number of piperidine rings is 1. The van der Waals surface area contributed by atoms with Gasteiger partial charge in [-0.05, 0) is 43.4 Å². The van der Waals surface area contributed by atoms with Gasteiger partial charge in [0.1, 0.15) is 0 Å². The number of hydrogen-bond donors (Lipinski definition) is 0. The number of nitro groups is 1. The van der Waals surface area contributed by atoms with E-state index in [1.165, 1.54) is 0 Å². The fourth-order valence-electron chi connectivity index (χ4n) is 3.08. The van der Waals surface area contributed by atoms with Crippen LogP contribution in [-0.2, 0) is 0 Å². The summed E-state index contributed by atoms with van der Waals surface area (Å²) in [6.45, 7) is 4.49. The molecule has 2 heterocycles. The van der Waals surface area contributed by atoms with Gasteiger partial charge in [0, 0.05) is 43.2 Å². The molecule has 0 atom stereocenters. The van der Waals surface area contributed by atoms with E-state index in [4.69, 9.17) is 4.74 Å². The third-order valence-corrected chi connectivity index (χ3v) is 4.45. The number of hydrogen-bond acceptors (Lipinski definition) is 5. The summed E-state index contributed by atoms with van der Waals surface area (Å²) in [4.78, 5) is 17.0. The van der Waals surface area contributed by atoms with E-state index in [1.54, 1.807) is 18.3 Å². The van der Waals surface area contributed by atoms with Crippen molar-refractivity contribution in [1.82, 2.24) is 4.98 Å². The van der Waals surface area contributed by atoms with Crippen molar-refractivity contribution in [3.05, 3.63) is 58.3 Å². The van der Waals surface area contributed by atoms with Crippen molar-refractivity contribution >= 4 is 11.4 Å². The third kappa shape index (κ3) is 3.82. The number of anilines is 1. The molecule has 1 fully saturated rings. The van der Waals surface area contributed by atoms with Crippen LogP contribution in [0.15, 0.2) is 42.6 Å². The van der Waals surface area contributed by atoms with Crippen LogP contribution in [0.1, 0.15) is 18.4 Å². The minimum Gasteiger partial charge on any atom is -0.477 e. The molecule has 1 aliphatic rings. The lowest BCUT2D eigenvalue weighted by Crippen LogP contribution is -2.36. The summed E-state index contributed by atoms with van der Waals surface area (Å²) in [5.74, 6) is 1.19. The number of ether oxygens (including phenoxy) is 1.